The van der Waals surface area contributed by atoms with E-state index in [0.717, 1.165) is 52.1 Å². The molecule has 3 rings (SSSR count). The van der Waals surface area contributed by atoms with Gasteiger partial charge in [-0.3, -0.25) is 10.2 Å². The fraction of sp³-hybridized carbons (Fsp3) is 0.571. The van der Waals surface area contributed by atoms with Crippen LogP contribution in [-0.4, -0.2) is 55.2 Å². The maximum absolute atomic E-state index is 14.1. The molecule has 0 saturated carbocycles. The van der Waals surface area contributed by atoms with Crippen LogP contribution in [0.1, 0.15) is 23.3 Å². The van der Waals surface area contributed by atoms with Gasteiger partial charge in [-0.2, -0.15) is 4.39 Å². The van der Waals surface area contributed by atoms with Crippen LogP contribution in [0.2, 0.25) is 0 Å². The Bertz CT molecular complexity index is 522. The quantitative estimate of drug-likeness (QED) is 0.788. The molecule has 2 saturated heterocycles. The number of hydrogen-bond acceptors (Lipinski definition) is 5. The fourth-order valence-corrected chi connectivity index (χ4v) is 2.72. The molecular formula is C14H22Cl2FN5O. The van der Waals surface area contributed by atoms with Gasteiger partial charge in [0.2, 0.25) is 5.95 Å². The average molecular weight is 366 g/mol. The summed E-state index contributed by atoms with van der Waals surface area (Å²) in [5.41, 5.74) is 3.35. The number of piperazine rings is 1. The third-order valence-corrected chi connectivity index (χ3v) is 3.89. The Morgan fingerprint density at radius 3 is 2.39 bits per heavy atom. The van der Waals surface area contributed by atoms with E-state index in [1.54, 1.807) is 12.1 Å². The Morgan fingerprint density at radius 1 is 1.13 bits per heavy atom. The van der Waals surface area contributed by atoms with Crippen molar-refractivity contribution in [3.8, 4) is 0 Å². The molecule has 0 aromatic carbocycles. The lowest BCUT2D eigenvalue weighted by atomic mass is 10.2. The smallest absolute Gasteiger partial charge is 0.284 e. The molecule has 3 heterocycles. The molecule has 2 fully saturated rings. The van der Waals surface area contributed by atoms with Crippen molar-refractivity contribution in [1.29, 1.82) is 0 Å². The number of nitrogens with zero attached hydrogens (tertiary/aromatic N) is 3. The minimum Gasteiger partial charge on any atom is -0.365 e. The molecule has 0 aliphatic carbocycles. The molecular weight excluding hydrogens is 344 g/mol. The molecule has 23 heavy (non-hydrogen) atoms. The zero-order valence-electron chi connectivity index (χ0n) is 12.8. The molecule has 2 aliphatic heterocycles. The van der Waals surface area contributed by atoms with Gasteiger partial charge in [0.15, 0.2) is 0 Å². The van der Waals surface area contributed by atoms with Gasteiger partial charge < -0.3 is 10.2 Å². The van der Waals surface area contributed by atoms with E-state index in [1.807, 2.05) is 9.91 Å². The number of pyridine rings is 1. The molecule has 9 heteroatoms. The van der Waals surface area contributed by atoms with Gasteiger partial charge in [0, 0.05) is 39.3 Å². The molecule has 0 atom stereocenters. The van der Waals surface area contributed by atoms with Crippen molar-refractivity contribution >= 4 is 36.4 Å². The molecule has 2 aliphatic rings. The molecule has 2 N–H and O–H groups in total. The number of rotatable bonds is 3. The summed E-state index contributed by atoms with van der Waals surface area (Å²) < 4.78 is 14.1. The first-order chi connectivity index (χ1) is 10.2. The lowest BCUT2D eigenvalue weighted by molar-refractivity contribution is 0.0819. The third kappa shape index (κ3) is 4.91. The summed E-state index contributed by atoms with van der Waals surface area (Å²) in [6, 6.07) is 3.23. The molecule has 1 aromatic rings. The number of hydrazine groups is 1. The summed E-state index contributed by atoms with van der Waals surface area (Å²) in [5.74, 6) is -0.923. The number of hydrogen-bond donors (Lipinski definition) is 2. The van der Waals surface area contributed by atoms with Crippen molar-refractivity contribution in [2.75, 3.05) is 44.2 Å². The molecule has 0 radical (unpaired) electrons. The van der Waals surface area contributed by atoms with Crippen molar-refractivity contribution in [3.05, 3.63) is 23.8 Å². The van der Waals surface area contributed by atoms with Gasteiger partial charge in [0.1, 0.15) is 5.69 Å². The van der Waals surface area contributed by atoms with E-state index in [2.05, 4.69) is 15.7 Å². The van der Waals surface area contributed by atoms with Gasteiger partial charge in [-0.15, -0.1) is 24.8 Å². The number of nitrogens with one attached hydrogen (secondary N) is 2. The van der Waals surface area contributed by atoms with Crippen LogP contribution in [-0.2, 0) is 0 Å². The maximum Gasteiger partial charge on any atom is 0.284 e. The Balaban J connectivity index is 0.00000132. The first-order valence-corrected chi connectivity index (χ1v) is 7.42. The van der Waals surface area contributed by atoms with Crippen molar-refractivity contribution in [2.45, 2.75) is 12.8 Å². The Morgan fingerprint density at radius 2 is 1.78 bits per heavy atom. The van der Waals surface area contributed by atoms with E-state index in [1.165, 1.54) is 0 Å². The van der Waals surface area contributed by atoms with E-state index >= 15 is 0 Å². The summed E-state index contributed by atoms with van der Waals surface area (Å²) in [6.07, 6.45) is 2.15. The summed E-state index contributed by atoms with van der Waals surface area (Å²) in [7, 11) is 0. The highest BCUT2D eigenvalue weighted by atomic mass is 35.5. The van der Waals surface area contributed by atoms with Crippen LogP contribution in [0, 0.1) is 5.95 Å². The second-order valence-corrected chi connectivity index (χ2v) is 5.38. The SMILES string of the molecule is Cl.Cl.O=C(NN1CCCC1)c1ccc(N2CCNCC2)c(F)n1. The monoisotopic (exact) mass is 365 g/mol. The van der Waals surface area contributed by atoms with Crippen LogP contribution in [0.4, 0.5) is 10.1 Å². The summed E-state index contributed by atoms with van der Waals surface area (Å²) in [5, 5.41) is 5.07. The standard InChI is InChI=1S/C14H20FN5O.2ClH/c15-13-12(19-9-5-16-6-10-19)4-3-11(17-13)14(21)18-20-7-1-2-8-20;;/h3-4,16H,1-2,5-10H2,(H,18,21);2*1H. The molecule has 6 nitrogen and oxygen atoms in total. The zero-order chi connectivity index (χ0) is 14.7. The number of amides is 1. The Hall–Kier alpha value is -1.15. The first-order valence-electron chi connectivity index (χ1n) is 7.42. The highest BCUT2D eigenvalue weighted by molar-refractivity contribution is 5.92. The fourth-order valence-electron chi connectivity index (χ4n) is 2.72. The minimum absolute atomic E-state index is 0. The van der Waals surface area contributed by atoms with E-state index in [0.29, 0.717) is 5.69 Å². The van der Waals surface area contributed by atoms with Crippen molar-refractivity contribution in [3.63, 3.8) is 0 Å². The molecule has 1 aromatic heterocycles. The summed E-state index contributed by atoms with van der Waals surface area (Å²) in [6.45, 7) is 4.84. The Labute approximate surface area is 147 Å². The number of aromatic nitrogens is 1. The van der Waals surface area contributed by atoms with Crippen LogP contribution in [0.3, 0.4) is 0 Å². The van der Waals surface area contributed by atoms with Crippen molar-refractivity contribution in [2.24, 2.45) is 0 Å². The van der Waals surface area contributed by atoms with Gasteiger partial charge in [0.25, 0.3) is 5.91 Å². The second kappa shape index (κ2) is 9.22. The van der Waals surface area contributed by atoms with Gasteiger partial charge in [-0.1, -0.05) is 0 Å². The average Bonchev–Trinajstić information content (AvgIpc) is 3.01. The van der Waals surface area contributed by atoms with Crippen molar-refractivity contribution < 1.29 is 9.18 Å². The number of carbonyl (C=O) groups excluding carboxylic acids is 1. The predicted octanol–water partition coefficient (Wildman–Crippen LogP) is 1.21. The first kappa shape index (κ1) is 19.9. The van der Waals surface area contributed by atoms with E-state index in [-0.39, 0.29) is 36.4 Å². The number of carbonyl (C=O) groups is 1. The normalized spacial score (nSPS) is 18.0. The highest BCUT2D eigenvalue weighted by Crippen LogP contribution is 2.18. The second-order valence-electron chi connectivity index (χ2n) is 5.38. The molecule has 0 bridgehead atoms. The van der Waals surface area contributed by atoms with Crippen LogP contribution >= 0.6 is 24.8 Å². The minimum atomic E-state index is -0.578. The van der Waals surface area contributed by atoms with E-state index in [4.69, 9.17) is 0 Å². The largest absolute Gasteiger partial charge is 0.365 e. The highest BCUT2D eigenvalue weighted by Gasteiger charge is 2.19. The van der Waals surface area contributed by atoms with Crippen LogP contribution in [0.25, 0.3) is 0 Å². The van der Waals surface area contributed by atoms with Crippen LogP contribution < -0.4 is 15.6 Å². The number of halogens is 3. The van der Waals surface area contributed by atoms with Crippen LogP contribution in [0.15, 0.2) is 12.1 Å². The van der Waals surface area contributed by atoms with E-state index in [9.17, 15) is 9.18 Å². The third-order valence-electron chi connectivity index (χ3n) is 3.89. The lowest BCUT2D eigenvalue weighted by Gasteiger charge is -2.29. The maximum atomic E-state index is 14.1. The van der Waals surface area contributed by atoms with Crippen molar-refractivity contribution in [1.82, 2.24) is 20.7 Å². The summed E-state index contributed by atoms with van der Waals surface area (Å²) in [4.78, 5) is 17.8. The zero-order valence-corrected chi connectivity index (χ0v) is 14.4. The van der Waals surface area contributed by atoms with Gasteiger partial charge in [0.05, 0.1) is 5.69 Å². The van der Waals surface area contributed by atoms with Crippen LogP contribution in [0.5, 0.6) is 0 Å². The summed E-state index contributed by atoms with van der Waals surface area (Å²) >= 11 is 0. The molecule has 130 valence electrons. The number of anilines is 1. The topological polar surface area (TPSA) is 60.5 Å². The van der Waals surface area contributed by atoms with Gasteiger partial charge >= 0.3 is 0 Å². The Kier molecular flexibility index (Phi) is 7.98. The van der Waals surface area contributed by atoms with Gasteiger partial charge in [-0.25, -0.2) is 9.99 Å². The predicted molar refractivity (Wildman–Crippen MR) is 92.0 cm³/mol. The molecule has 1 amide bonds. The molecule has 0 unspecified atom stereocenters. The van der Waals surface area contributed by atoms with E-state index < -0.39 is 5.95 Å². The lowest BCUT2D eigenvalue weighted by Crippen LogP contribution is -2.44. The van der Waals surface area contributed by atoms with Gasteiger partial charge in [-0.05, 0) is 25.0 Å². The molecule has 0 spiro atoms.